The molecule has 1 heterocycles. The van der Waals surface area contributed by atoms with Gasteiger partial charge in [0.1, 0.15) is 0 Å². The quantitative estimate of drug-likeness (QED) is 0.819. The minimum atomic E-state index is 0.139. The molecule has 0 radical (unpaired) electrons. The van der Waals surface area contributed by atoms with E-state index in [4.69, 9.17) is 0 Å². The molecule has 0 spiro atoms. The lowest BCUT2D eigenvalue weighted by molar-refractivity contribution is 0.116. The van der Waals surface area contributed by atoms with Crippen molar-refractivity contribution in [3.8, 4) is 0 Å². The van der Waals surface area contributed by atoms with E-state index in [1.54, 1.807) is 0 Å². The first-order chi connectivity index (χ1) is 8.97. The number of rotatable bonds is 7. The summed E-state index contributed by atoms with van der Waals surface area (Å²) in [6.45, 7) is 6.72. The van der Waals surface area contributed by atoms with E-state index in [2.05, 4.69) is 62.2 Å². The highest BCUT2D eigenvalue weighted by atomic mass is 15.2. The predicted molar refractivity (Wildman–Crippen MR) is 82.5 cm³/mol. The molecule has 19 heavy (non-hydrogen) atoms. The van der Waals surface area contributed by atoms with Crippen LogP contribution in [0.1, 0.15) is 38.4 Å². The summed E-state index contributed by atoms with van der Waals surface area (Å²) < 4.78 is 0. The fourth-order valence-electron chi connectivity index (χ4n) is 2.50. The van der Waals surface area contributed by atoms with E-state index in [0.29, 0.717) is 6.04 Å². The highest BCUT2D eigenvalue weighted by molar-refractivity contribution is 5.15. The Morgan fingerprint density at radius 2 is 2.00 bits per heavy atom. The zero-order valence-electron chi connectivity index (χ0n) is 13.3. The second-order valence-corrected chi connectivity index (χ2v) is 5.66. The third kappa shape index (κ3) is 3.77. The Labute approximate surface area is 118 Å². The molecule has 2 unspecified atom stereocenters. The molecule has 0 aromatic carbocycles. The van der Waals surface area contributed by atoms with Crippen LogP contribution in [-0.2, 0) is 12.8 Å². The molecule has 1 aromatic rings. The number of aromatic nitrogens is 1. The molecule has 3 nitrogen and oxygen atoms in total. The third-order valence-corrected chi connectivity index (χ3v) is 4.54. The summed E-state index contributed by atoms with van der Waals surface area (Å²) in [5.41, 5.74) is 2.61. The second kappa shape index (κ2) is 7.01. The number of hydrogen-bond acceptors (Lipinski definition) is 3. The van der Waals surface area contributed by atoms with Crippen LogP contribution in [-0.4, -0.2) is 42.6 Å². The minimum Gasteiger partial charge on any atom is -0.315 e. The Kier molecular flexibility index (Phi) is 5.95. The first kappa shape index (κ1) is 16.1. The van der Waals surface area contributed by atoms with Gasteiger partial charge in [0, 0.05) is 29.9 Å². The Bertz CT molecular complexity index is 372. The Morgan fingerprint density at radius 3 is 2.37 bits per heavy atom. The van der Waals surface area contributed by atoms with E-state index in [-0.39, 0.29) is 5.54 Å². The van der Waals surface area contributed by atoms with Gasteiger partial charge in [0.05, 0.1) is 0 Å². The van der Waals surface area contributed by atoms with Gasteiger partial charge in [-0.3, -0.25) is 4.98 Å². The van der Waals surface area contributed by atoms with Crippen molar-refractivity contribution in [3.63, 3.8) is 0 Å². The predicted octanol–water partition coefficient (Wildman–Crippen LogP) is 2.50. The molecule has 0 saturated carbocycles. The molecule has 2 atom stereocenters. The average molecular weight is 263 g/mol. The van der Waals surface area contributed by atoms with E-state index in [1.807, 2.05) is 13.2 Å². The first-order valence-corrected chi connectivity index (χ1v) is 7.26. The Balaban J connectivity index is 2.86. The van der Waals surface area contributed by atoms with Gasteiger partial charge in [-0.05, 0) is 52.5 Å². The molecule has 108 valence electrons. The number of hydrogen-bond donors (Lipinski definition) is 1. The van der Waals surface area contributed by atoms with Gasteiger partial charge in [-0.1, -0.05) is 19.9 Å². The second-order valence-electron chi connectivity index (χ2n) is 5.66. The van der Waals surface area contributed by atoms with E-state index in [1.165, 1.54) is 5.56 Å². The van der Waals surface area contributed by atoms with Gasteiger partial charge in [0.15, 0.2) is 0 Å². The molecule has 3 heteroatoms. The lowest BCUT2D eigenvalue weighted by Crippen LogP contribution is -2.57. The van der Waals surface area contributed by atoms with Crippen LogP contribution in [0.3, 0.4) is 0 Å². The highest BCUT2D eigenvalue weighted by Gasteiger charge is 2.33. The summed E-state index contributed by atoms with van der Waals surface area (Å²) in [6, 6.07) is 4.75. The molecule has 1 rings (SSSR count). The van der Waals surface area contributed by atoms with Crippen LogP contribution in [0.5, 0.6) is 0 Å². The van der Waals surface area contributed by atoms with Gasteiger partial charge in [-0.25, -0.2) is 0 Å². The fourth-order valence-corrected chi connectivity index (χ4v) is 2.50. The van der Waals surface area contributed by atoms with Crippen LogP contribution in [0.25, 0.3) is 0 Å². The monoisotopic (exact) mass is 263 g/mol. The van der Waals surface area contributed by atoms with E-state index < -0.39 is 0 Å². The van der Waals surface area contributed by atoms with E-state index in [9.17, 15) is 0 Å². The summed E-state index contributed by atoms with van der Waals surface area (Å²) in [4.78, 5) is 6.90. The maximum Gasteiger partial charge on any atom is 0.0420 e. The zero-order valence-corrected chi connectivity index (χ0v) is 13.3. The van der Waals surface area contributed by atoms with Crippen LogP contribution in [0.2, 0.25) is 0 Å². The summed E-state index contributed by atoms with van der Waals surface area (Å²) in [5.74, 6) is 0. The van der Waals surface area contributed by atoms with Crippen LogP contribution in [0, 0.1) is 0 Å². The molecule has 0 amide bonds. The van der Waals surface area contributed by atoms with Crippen molar-refractivity contribution in [2.75, 3.05) is 21.1 Å². The highest BCUT2D eigenvalue weighted by Crippen LogP contribution is 2.23. The van der Waals surface area contributed by atoms with Crippen molar-refractivity contribution in [3.05, 3.63) is 29.6 Å². The van der Waals surface area contributed by atoms with Crippen LogP contribution >= 0.6 is 0 Å². The van der Waals surface area contributed by atoms with Crippen molar-refractivity contribution < 1.29 is 0 Å². The number of nitrogens with zero attached hydrogens (tertiary/aromatic N) is 2. The van der Waals surface area contributed by atoms with Crippen LogP contribution < -0.4 is 5.32 Å². The third-order valence-electron chi connectivity index (χ3n) is 4.54. The fraction of sp³-hybridized carbons (Fsp3) is 0.688. The largest absolute Gasteiger partial charge is 0.315 e. The van der Waals surface area contributed by atoms with Crippen molar-refractivity contribution in [1.82, 2.24) is 15.2 Å². The lowest BCUT2D eigenvalue weighted by atomic mass is 9.85. The van der Waals surface area contributed by atoms with Gasteiger partial charge in [0.25, 0.3) is 0 Å². The maximum atomic E-state index is 4.59. The minimum absolute atomic E-state index is 0.139. The molecule has 1 N–H and O–H groups in total. The Hall–Kier alpha value is -0.930. The summed E-state index contributed by atoms with van der Waals surface area (Å²) in [5, 5.41) is 3.47. The van der Waals surface area contributed by atoms with Crippen molar-refractivity contribution in [2.24, 2.45) is 0 Å². The van der Waals surface area contributed by atoms with Crippen LogP contribution in [0.4, 0.5) is 0 Å². The van der Waals surface area contributed by atoms with Gasteiger partial charge in [-0.2, -0.15) is 0 Å². The zero-order chi connectivity index (χ0) is 14.5. The standard InChI is InChI=1S/C16H29N3/c1-7-13-9-10-14(18-12-13)11-15(17-4)16(3,8-2)19(5)6/h9-10,12,15,17H,7-8,11H2,1-6H3. The molecule has 0 aliphatic carbocycles. The molecule has 0 saturated heterocycles. The molecular weight excluding hydrogens is 234 g/mol. The average Bonchev–Trinajstić information content (AvgIpc) is 2.44. The van der Waals surface area contributed by atoms with Gasteiger partial charge in [-0.15, -0.1) is 0 Å². The Morgan fingerprint density at radius 1 is 1.32 bits per heavy atom. The normalized spacial score (nSPS) is 16.4. The SMILES string of the molecule is CCc1ccc(CC(NC)C(C)(CC)N(C)C)nc1. The molecule has 1 aromatic heterocycles. The topological polar surface area (TPSA) is 28.2 Å². The number of nitrogens with one attached hydrogen (secondary N) is 1. The molecular formula is C16H29N3. The number of aryl methyl sites for hydroxylation is 1. The first-order valence-electron chi connectivity index (χ1n) is 7.26. The summed E-state index contributed by atoms with van der Waals surface area (Å²) >= 11 is 0. The van der Waals surface area contributed by atoms with Crippen LogP contribution in [0.15, 0.2) is 18.3 Å². The van der Waals surface area contributed by atoms with Gasteiger partial charge in [0.2, 0.25) is 0 Å². The molecule has 0 bridgehead atoms. The van der Waals surface area contributed by atoms with Gasteiger partial charge < -0.3 is 10.2 Å². The maximum absolute atomic E-state index is 4.59. The smallest absolute Gasteiger partial charge is 0.0420 e. The summed E-state index contributed by atoms with van der Waals surface area (Å²) in [7, 11) is 6.35. The lowest BCUT2D eigenvalue weighted by Gasteiger charge is -2.42. The van der Waals surface area contributed by atoms with E-state index in [0.717, 1.165) is 25.0 Å². The van der Waals surface area contributed by atoms with Gasteiger partial charge >= 0.3 is 0 Å². The molecule has 0 aliphatic rings. The number of pyridine rings is 1. The van der Waals surface area contributed by atoms with Crippen molar-refractivity contribution in [2.45, 2.75) is 51.6 Å². The van der Waals surface area contributed by atoms with Crippen molar-refractivity contribution in [1.29, 1.82) is 0 Å². The summed E-state index contributed by atoms with van der Waals surface area (Å²) in [6.07, 6.45) is 5.12. The van der Waals surface area contributed by atoms with Crippen molar-refractivity contribution >= 4 is 0 Å². The molecule has 0 aliphatic heterocycles. The number of likely N-dealkylation sites (N-methyl/N-ethyl adjacent to an activating group) is 2. The molecule has 0 fully saturated rings. The van der Waals surface area contributed by atoms with E-state index >= 15 is 0 Å².